The van der Waals surface area contributed by atoms with Crippen LogP contribution in [0.1, 0.15) is 18.6 Å². The normalized spacial score (nSPS) is 16.7. The summed E-state index contributed by atoms with van der Waals surface area (Å²) >= 11 is 9.29. The molecule has 0 bridgehead atoms. The molecule has 98 valence electrons. The Morgan fingerprint density at radius 3 is 3.00 bits per heavy atom. The summed E-state index contributed by atoms with van der Waals surface area (Å²) in [6.07, 6.45) is 0.897. The van der Waals surface area contributed by atoms with Gasteiger partial charge in [-0.1, -0.05) is 27.5 Å². The molecule has 1 aromatic heterocycles. The number of fused-ring (bicyclic) bond motifs is 2. The minimum Gasteiger partial charge on any atom is -0.480 e. The van der Waals surface area contributed by atoms with Crippen molar-refractivity contribution >= 4 is 39.0 Å². The molecule has 19 heavy (non-hydrogen) atoms. The summed E-state index contributed by atoms with van der Waals surface area (Å²) < 4.78 is 20.2. The molecule has 1 N–H and O–H groups in total. The van der Waals surface area contributed by atoms with Crippen LogP contribution in [0.15, 0.2) is 22.9 Å². The molecule has 7 heteroatoms. The first-order chi connectivity index (χ1) is 9.06. The molecule has 2 heterocycles. The van der Waals surface area contributed by atoms with Crippen molar-refractivity contribution in [2.75, 3.05) is 5.32 Å². The van der Waals surface area contributed by atoms with Crippen molar-refractivity contribution in [2.45, 2.75) is 13.0 Å². The van der Waals surface area contributed by atoms with Gasteiger partial charge in [0, 0.05) is 4.47 Å². The molecular weight excluding hydrogens is 337 g/mol. The molecule has 0 aliphatic carbocycles. The van der Waals surface area contributed by atoms with Crippen LogP contribution in [0.2, 0.25) is 5.15 Å². The van der Waals surface area contributed by atoms with Gasteiger partial charge < -0.3 is 10.1 Å². The van der Waals surface area contributed by atoms with Crippen molar-refractivity contribution < 1.29 is 9.13 Å². The fraction of sp³-hybridized carbons (Fsp3) is 0.167. The molecule has 4 nitrogen and oxygen atoms in total. The Morgan fingerprint density at radius 1 is 1.42 bits per heavy atom. The Kier molecular flexibility index (Phi) is 3.06. The Labute approximate surface area is 122 Å². The van der Waals surface area contributed by atoms with Crippen LogP contribution in [0.5, 0.6) is 5.75 Å². The summed E-state index contributed by atoms with van der Waals surface area (Å²) in [6, 6.07) is 3.06. The Bertz CT molecular complexity index is 668. The topological polar surface area (TPSA) is 47.0 Å². The molecule has 0 saturated carbocycles. The summed E-state index contributed by atoms with van der Waals surface area (Å²) in [7, 11) is 0. The van der Waals surface area contributed by atoms with Crippen LogP contribution in [0.4, 0.5) is 15.9 Å². The lowest BCUT2D eigenvalue weighted by Gasteiger charge is -2.14. The van der Waals surface area contributed by atoms with Gasteiger partial charge in [-0.3, -0.25) is 0 Å². The van der Waals surface area contributed by atoms with Crippen molar-refractivity contribution in [3.63, 3.8) is 0 Å². The van der Waals surface area contributed by atoms with E-state index >= 15 is 0 Å². The van der Waals surface area contributed by atoms with Crippen LogP contribution in [0.25, 0.3) is 0 Å². The molecule has 1 unspecified atom stereocenters. The smallest absolute Gasteiger partial charge is 0.179 e. The number of hydrogen-bond acceptors (Lipinski definition) is 4. The van der Waals surface area contributed by atoms with Gasteiger partial charge in [0.2, 0.25) is 0 Å². The first-order valence-corrected chi connectivity index (χ1v) is 6.66. The number of halogens is 3. The van der Waals surface area contributed by atoms with Crippen molar-refractivity contribution in [1.82, 2.24) is 9.97 Å². The van der Waals surface area contributed by atoms with Gasteiger partial charge in [-0.2, -0.15) is 0 Å². The van der Waals surface area contributed by atoms with Crippen LogP contribution in [0, 0.1) is 5.82 Å². The number of nitrogens with zero attached hydrogens (tertiary/aromatic N) is 2. The van der Waals surface area contributed by atoms with E-state index in [2.05, 4.69) is 31.2 Å². The number of anilines is 2. The monoisotopic (exact) mass is 343 g/mol. The number of rotatable bonds is 0. The maximum atomic E-state index is 13.9. The van der Waals surface area contributed by atoms with E-state index in [9.17, 15) is 4.39 Å². The third-order valence-electron chi connectivity index (χ3n) is 2.80. The summed E-state index contributed by atoms with van der Waals surface area (Å²) in [5.41, 5.74) is 1.10. The van der Waals surface area contributed by atoms with Crippen LogP contribution < -0.4 is 10.1 Å². The Balaban J connectivity index is 2.21. The lowest BCUT2D eigenvalue weighted by atomic mass is 10.2. The minimum atomic E-state index is -0.458. The molecule has 0 amide bonds. The van der Waals surface area contributed by atoms with E-state index in [0.717, 1.165) is 0 Å². The van der Waals surface area contributed by atoms with Gasteiger partial charge in [0.1, 0.15) is 23.4 Å². The molecule has 3 rings (SSSR count). The quantitative estimate of drug-likeness (QED) is 0.727. The predicted octanol–water partition coefficient (Wildman–Crippen LogP) is 4.23. The zero-order valence-corrected chi connectivity index (χ0v) is 12.1. The van der Waals surface area contributed by atoms with Crippen molar-refractivity contribution in [2.24, 2.45) is 0 Å². The lowest BCUT2D eigenvalue weighted by Crippen LogP contribution is -2.05. The zero-order chi connectivity index (χ0) is 13.6. The second kappa shape index (κ2) is 4.61. The molecule has 0 fully saturated rings. The van der Waals surface area contributed by atoms with E-state index in [4.69, 9.17) is 16.3 Å². The molecule has 1 aromatic carbocycles. The van der Waals surface area contributed by atoms with E-state index in [1.54, 1.807) is 13.0 Å². The summed E-state index contributed by atoms with van der Waals surface area (Å²) in [4.78, 5) is 8.04. The third kappa shape index (κ3) is 2.15. The highest BCUT2D eigenvalue weighted by Crippen LogP contribution is 2.42. The van der Waals surface area contributed by atoms with E-state index in [1.165, 1.54) is 12.4 Å². The summed E-state index contributed by atoms with van der Waals surface area (Å²) in [5.74, 6) is 0.203. The van der Waals surface area contributed by atoms with Crippen LogP contribution in [-0.4, -0.2) is 9.97 Å². The second-order valence-corrected chi connectivity index (χ2v) is 5.35. The zero-order valence-electron chi connectivity index (χ0n) is 9.75. The fourth-order valence-corrected chi connectivity index (χ4v) is 2.69. The van der Waals surface area contributed by atoms with Crippen LogP contribution >= 0.6 is 27.5 Å². The standard InChI is InChI=1S/C12H8BrClFN3O/c1-5-9-11(14)16-4-17-12(9)18-8-3-6(13)2-7(15)10(8)19-5/h2-5H,1H3,(H,16,17,18). The molecule has 2 aromatic rings. The predicted molar refractivity (Wildman–Crippen MR) is 73.5 cm³/mol. The van der Waals surface area contributed by atoms with E-state index in [0.29, 0.717) is 21.5 Å². The van der Waals surface area contributed by atoms with Crippen molar-refractivity contribution in [3.8, 4) is 5.75 Å². The molecule has 1 aliphatic heterocycles. The molecule has 0 radical (unpaired) electrons. The molecular formula is C12H8BrClFN3O. The maximum absolute atomic E-state index is 13.9. The number of hydrogen-bond donors (Lipinski definition) is 1. The average molecular weight is 345 g/mol. The first-order valence-electron chi connectivity index (χ1n) is 5.49. The molecule has 1 aliphatic rings. The molecule has 1 atom stereocenters. The van der Waals surface area contributed by atoms with Gasteiger partial charge in [-0.25, -0.2) is 14.4 Å². The van der Waals surface area contributed by atoms with Crippen molar-refractivity contribution in [1.29, 1.82) is 0 Å². The van der Waals surface area contributed by atoms with Gasteiger partial charge in [0.05, 0.1) is 11.3 Å². The highest BCUT2D eigenvalue weighted by molar-refractivity contribution is 9.10. The average Bonchev–Trinajstić information content (AvgIpc) is 2.47. The SMILES string of the molecule is CC1Oc2c(F)cc(Br)cc2Nc2ncnc(Cl)c21. The molecule has 0 spiro atoms. The summed E-state index contributed by atoms with van der Waals surface area (Å²) in [5, 5.41) is 3.31. The van der Waals surface area contributed by atoms with Crippen LogP contribution in [0.3, 0.4) is 0 Å². The number of nitrogens with one attached hydrogen (secondary N) is 1. The lowest BCUT2D eigenvalue weighted by molar-refractivity contribution is 0.220. The second-order valence-electron chi connectivity index (χ2n) is 4.08. The highest BCUT2D eigenvalue weighted by atomic mass is 79.9. The number of benzene rings is 1. The fourth-order valence-electron chi connectivity index (χ4n) is 1.97. The van der Waals surface area contributed by atoms with E-state index in [-0.39, 0.29) is 10.9 Å². The minimum absolute atomic E-state index is 0.143. The number of aromatic nitrogens is 2. The van der Waals surface area contributed by atoms with Gasteiger partial charge in [0.25, 0.3) is 0 Å². The van der Waals surface area contributed by atoms with Gasteiger partial charge >= 0.3 is 0 Å². The van der Waals surface area contributed by atoms with Gasteiger partial charge in [-0.15, -0.1) is 0 Å². The molecule has 0 saturated heterocycles. The highest BCUT2D eigenvalue weighted by Gasteiger charge is 2.26. The van der Waals surface area contributed by atoms with Gasteiger partial charge in [-0.05, 0) is 19.1 Å². The van der Waals surface area contributed by atoms with Gasteiger partial charge in [0.15, 0.2) is 11.6 Å². The maximum Gasteiger partial charge on any atom is 0.179 e. The Morgan fingerprint density at radius 2 is 2.21 bits per heavy atom. The number of ether oxygens (including phenoxy) is 1. The first kappa shape index (κ1) is 12.6. The Hall–Kier alpha value is -1.40. The van der Waals surface area contributed by atoms with Crippen molar-refractivity contribution in [3.05, 3.63) is 39.5 Å². The van der Waals surface area contributed by atoms with E-state index < -0.39 is 11.9 Å². The summed E-state index contributed by atoms with van der Waals surface area (Å²) in [6.45, 7) is 1.77. The largest absolute Gasteiger partial charge is 0.480 e. The third-order valence-corrected chi connectivity index (χ3v) is 3.56. The van der Waals surface area contributed by atoms with E-state index in [1.807, 2.05) is 0 Å². The van der Waals surface area contributed by atoms with Crippen LogP contribution in [-0.2, 0) is 0 Å².